The summed E-state index contributed by atoms with van der Waals surface area (Å²) in [4.78, 5) is 20.8. The minimum Gasteiger partial charge on any atom is -0.288 e. The fraction of sp³-hybridized carbons (Fsp3) is 0.125. The molecule has 2 aromatic carbocycles. The van der Waals surface area contributed by atoms with E-state index in [1.165, 1.54) is 11.6 Å². The van der Waals surface area contributed by atoms with Gasteiger partial charge in [-0.05, 0) is 54.3 Å². The molecular weight excluding hydrogens is 376 g/mol. The quantitative estimate of drug-likeness (QED) is 0.292. The molecule has 0 aliphatic heterocycles. The first-order valence-electron chi connectivity index (χ1n) is 9.76. The minimum absolute atomic E-state index is 0.572. The van der Waals surface area contributed by atoms with E-state index in [-0.39, 0.29) is 0 Å². The number of nitrogens with one attached hydrogen (secondary N) is 1. The first-order valence-corrected chi connectivity index (χ1v) is 9.76. The molecule has 30 heavy (non-hydrogen) atoms. The molecule has 6 heteroatoms. The number of nitrogens with zero attached hydrogens (tertiary/aromatic N) is 3. The van der Waals surface area contributed by atoms with Crippen LogP contribution in [-0.2, 0) is 17.6 Å². The highest BCUT2D eigenvalue weighted by molar-refractivity contribution is 5.92. The van der Waals surface area contributed by atoms with Crippen LogP contribution in [0.25, 0.3) is 22.9 Å². The lowest BCUT2D eigenvalue weighted by molar-refractivity contribution is -0.124. The first kappa shape index (κ1) is 19.5. The van der Waals surface area contributed by atoms with Crippen molar-refractivity contribution in [3.05, 3.63) is 95.5 Å². The Morgan fingerprint density at radius 3 is 2.60 bits per heavy atom. The molecule has 2 heterocycles. The summed E-state index contributed by atoms with van der Waals surface area (Å²) in [6.07, 6.45) is 6.38. The van der Waals surface area contributed by atoms with Gasteiger partial charge in [0, 0.05) is 18.7 Å². The van der Waals surface area contributed by atoms with E-state index in [2.05, 4.69) is 21.7 Å². The zero-order valence-electron chi connectivity index (χ0n) is 16.6. The van der Waals surface area contributed by atoms with Crippen molar-refractivity contribution in [3.8, 4) is 5.82 Å². The maximum atomic E-state index is 11.3. The van der Waals surface area contributed by atoms with Gasteiger partial charge < -0.3 is 0 Å². The topological polar surface area (TPSA) is 80.0 Å². The highest BCUT2D eigenvalue weighted by Gasteiger charge is 2.16. The van der Waals surface area contributed by atoms with Crippen molar-refractivity contribution < 1.29 is 10.0 Å². The molecule has 0 radical (unpaired) electrons. The van der Waals surface area contributed by atoms with Crippen LogP contribution >= 0.6 is 0 Å². The number of amides is 1. The molecule has 0 unspecified atom stereocenters. The Labute approximate surface area is 174 Å². The second-order valence-corrected chi connectivity index (χ2v) is 6.99. The minimum atomic E-state index is -0.572. The molecule has 0 atom stereocenters. The second kappa shape index (κ2) is 8.71. The van der Waals surface area contributed by atoms with Crippen molar-refractivity contribution in [2.24, 2.45) is 0 Å². The van der Waals surface area contributed by atoms with Crippen molar-refractivity contribution in [1.82, 2.24) is 20.0 Å². The highest BCUT2D eigenvalue weighted by Crippen LogP contribution is 2.27. The monoisotopic (exact) mass is 398 g/mol. The van der Waals surface area contributed by atoms with Gasteiger partial charge in [-0.25, -0.2) is 15.4 Å². The summed E-state index contributed by atoms with van der Waals surface area (Å²) in [6.45, 7) is 1.98. The molecule has 0 fully saturated rings. The van der Waals surface area contributed by atoms with E-state index in [9.17, 15) is 4.79 Å². The largest absolute Gasteiger partial charge is 0.288 e. The van der Waals surface area contributed by atoms with Crippen LogP contribution in [-0.4, -0.2) is 25.6 Å². The van der Waals surface area contributed by atoms with Crippen LogP contribution in [0.1, 0.15) is 22.5 Å². The molecule has 0 spiro atoms. The van der Waals surface area contributed by atoms with E-state index in [1.54, 1.807) is 17.8 Å². The smallest absolute Gasteiger partial charge is 0.267 e. The molecule has 2 aromatic heterocycles. The number of fused-ring (bicyclic) bond motifs is 1. The van der Waals surface area contributed by atoms with Gasteiger partial charge in [-0.15, -0.1) is 0 Å². The maximum Gasteiger partial charge on any atom is 0.267 e. The number of aromatic nitrogens is 3. The number of benzene rings is 2. The Bertz CT molecular complexity index is 1200. The maximum absolute atomic E-state index is 11.3. The summed E-state index contributed by atoms with van der Waals surface area (Å²) in [7, 11) is 0. The average molecular weight is 398 g/mol. The summed E-state index contributed by atoms with van der Waals surface area (Å²) < 4.78 is 2.10. The Balaban J connectivity index is 1.79. The molecule has 0 bridgehead atoms. The van der Waals surface area contributed by atoms with Crippen LogP contribution in [0.4, 0.5) is 0 Å². The Morgan fingerprint density at radius 2 is 1.87 bits per heavy atom. The van der Waals surface area contributed by atoms with Crippen molar-refractivity contribution in [2.75, 3.05) is 0 Å². The first-order chi connectivity index (χ1) is 14.7. The Morgan fingerprint density at radius 1 is 1.07 bits per heavy atom. The molecule has 0 aliphatic rings. The van der Waals surface area contributed by atoms with Gasteiger partial charge in [0.1, 0.15) is 11.6 Å². The third-order valence-corrected chi connectivity index (χ3v) is 5.07. The van der Waals surface area contributed by atoms with E-state index in [0.717, 1.165) is 46.6 Å². The number of aryl methyl sites for hydroxylation is 3. The van der Waals surface area contributed by atoms with Crippen molar-refractivity contribution in [2.45, 2.75) is 19.8 Å². The Hall–Kier alpha value is -3.77. The summed E-state index contributed by atoms with van der Waals surface area (Å²) in [6, 6.07) is 20.1. The van der Waals surface area contributed by atoms with E-state index in [1.807, 2.05) is 55.5 Å². The number of rotatable bonds is 6. The average Bonchev–Trinajstić information content (AvgIpc) is 3.17. The fourth-order valence-electron chi connectivity index (χ4n) is 3.53. The SMILES string of the molecule is Cc1c(C=CC(=O)NO)ccc2c1nc(CCc1ccccc1)n2-c1ccccn1. The number of hydrogen-bond donors (Lipinski definition) is 2. The van der Waals surface area contributed by atoms with E-state index in [0.29, 0.717) is 0 Å². The zero-order chi connectivity index (χ0) is 20.9. The van der Waals surface area contributed by atoms with E-state index < -0.39 is 5.91 Å². The number of carbonyl (C=O) groups is 1. The van der Waals surface area contributed by atoms with Gasteiger partial charge in [-0.1, -0.05) is 42.5 Å². The van der Waals surface area contributed by atoms with Crippen LogP contribution in [0, 0.1) is 6.92 Å². The lowest BCUT2D eigenvalue weighted by Gasteiger charge is -2.09. The van der Waals surface area contributed by atoms with Crippen LogP contribution in [0.5, 0.6) is 0 Å². The summed E-state index contributed by atoms with van der Waals surface area (Å²) in [5.41, 5.74) is 6.53. The molecule has 150 valence electrons. The molecule has 2 N–H and O–H groups in total. The van der Waals surface area contributed by atoms with E-state index >= 15 is 0 Å². The standard InChI is InChI=1S/C24H22N4O2/c1-17-19(12-15-23(29)27-30)11-13-20-24(17)26-22(14-10-18-7-3-2-4-8-18)28(20)21-9-5-6-16-25-21/h2-9,11-13,15-16,30H,10,14H2,1H3,(H,27,29). The third-order valence-electron chi connectivity index (χ3n) is 5.07. The molecule has 0 saturated heterocycles. The van der Waals surface area contributed by atoms with E-state index in [4.69, 9.17) is 10.2 Å². The molecule has 4 rings (SSSR count). The van der Waals surface area contributed by atoms with Crippen molar-refractivity contribution in [3.63, 3.8) is 0 Å². The van der Waals surface area contributed by atoms with Gasteiger partial charge >= 0.3 is 0 Å². The molecule has 6 nitrogen and oxygen atoms in total. The van der Waals surface area contributed by atoms with Gasteiger partial charge in [0.2, 0.25) is 0 Å². The van der Waals surface area contributed by atoms with Crippen molar-refractivity contribution in [1.29, 1.82) is 0 Å². The van der Waals surface area contributed by atoms with Crippen LogP contribution in [0.15, 0.2) is 72.9 Å². The lowest BCUT2D eigenvalue weighted by atomic mass is 10.1. The lowest BCUT2D eigenvalue weighted by Crippen LogP contribution is -2.14. The predicted octanol–water partition coefficient (Wildman–Crippen LogP) is 4.03. The molecule has 0 saturated carbocycles. The van der Waals surface area contributed by atoms with Crippen molar-refractivity contribution >= 4 is 23.0 Å². The number of imidazole rings is 1. The van der Waals surface area contributed by atoms with Gasteiger partial charge in [0.15, 0.2) is 0 Å². The van der Waals surface area contributed by atoms with Crippen LogP contribution < -0.4 is 5.48 Å². The second-order valence-electron chi connectivity index (χ2n) is 6.99. The van der Waals surface area contributed by atoms with Gasteiger partial charge in [0.05, 0.1) is 11.0 Å². The molecular formula is C24H22N4O2. The highest BCUT2D eigenvalue weighted by atomic mass is 16.5. The zero-order valence-corrected chi connectivity index (χ0v) is 16.6. The molecule has 1 amide bonds. The number of hydroxylamine groups is 1. The molecule has 0 aliphatic carbocycles. The summed E-state index contributed by atoms with van der Waals surface area (Å²) in [5, 5.41) is 8.70. The Kier molecular flexibility index (Phi) is 5.68. The van der Waals surface area contributed by atoms with Crippen LogP contribution in [0.3, 0.4) is 0 Å². The van der Waals surface area contributed by atoms with Crippen LogP contribution in [0.2, 0.25) is 0 Å². The molecule has 4 aromatic rings. The number of hydrogen-bond acceptors (Lipinski definition) is 4. The third kappa shape index (κ3) is 3.99. The number of pyridine rings is 1. The fourth-order valence-corrected chi connectivity index (χ4v) is 3.53. The van der Waals surface area contributed by atoms with Gasteiger partial charge in [-0.2, -0.15) is 0 Å². The number of carbonyl (C=O) groups excluding carboxylic acids is 1. The normalized spacial score (nSPS) is 11.3. The summed E-state index contributed by atoms with van der Waals surface area (Å²) in [5.74, 6) is 1.19. The predicted molar refractivity (Wildman–Crippen MR) is 116 cm³/mol. The van der Waals surface area contributed by atoms with Gasteiger partial charge in [0.25, 0.3) is 5.91 Å². The van der Waals surface area contributed by atoms with Gasteiger partial charge in [-0.3, -0.25) is 14.6 Å². The summed E-state index contributed by atoms with van der Waals surface area (Å²) >= 11 is 0.